The third-order valence-electron chi connectivity index (χ3n) is 8.98. The molecule has 0 radical (unpaired) electrons. The van der Waals surface area contributed by atoms with Gasteiger partial charge in [-0.15, -0.1) is 6.58 Å². The molecule has 2 saturated heterocycles. The topological polar surface area (TPSA) is 162 Å². The maximum atomic E-state index is 13.5. The number of esters is 4. The smallest absolute Gasteiger partial charge is 0.338 e. The zero-order chi connectivity index (χ0) is 39.3. The monoisotopic (exact) mass is 766 g/mol. The highest BCUT2D eigenvalue weighted by Crippen LogP contribution is 2.33. The van der Waals surface area contributed by atoms with Crippen LogP contribution in [0.5, 0.6) is 0 Å². The van der Waals surface area contributed by atoms with Gasteiger partial charge in [0.15, 0.2) is 37.0 Å². The molecule has 4 aromatic rings. The summed E-state index contributed by atoms with van der Waals surface area (Å²) >= 11 is 0. The fraction of sp³-hybridized carbons (Fsp3) is 0.302. The van der Waals surface area contributed by atoms with E-state index in [0.717, 1.165) is 0 Å². The van der Waals surface area contributed by atoms with Crippen molar-refractivity contribution in [2.45, 2.75) is 62.0 Å². The van der Waals surface area contributed by atoms with Gasteiger partial charge >= 0.3 is 23.9 Å². The van der Waals surface area contributed by atoms with Gasteiger partial charge in [0.2, 0.25) is 0 Å². The number of unbranched alkanes of at least 4 members (excludes halogenated alkanes) is 1. The lowest BCUT2D eigenvalue weighted by atomic mass is 10.1. The van der Waals surface area contributed by atoms with E-state index in [4.69, 9.17) is 37.9 Å². The van der Waals surface area contributed by atoms with E-state index in [1.807, 2.05) is 0 Å². The largest absolute Gasteiger partial charge is 0.452 e. The molecule has 0 saturated carbocycles. The summed E-state index contributed by atoms with van der Waals surface area (Å²) < 4.78 is 48.1. The predicted molar refractivity (Wildman–Crippen MR) is 198 cm³/mol. The zero-order valence-corrected chi connectivity index (χ0v) is 30.3. The molecular weight excluding hydrogens is 724 g/mol. The van der Waals surface area contributed by atoms with Gasteiger partial charge in [-0.3, -0.25) is 0 Å². The van der Waals surface area contributed by atoms with Gasteiger partial charge in [-0.1, -0.05) is 78.9 Å². The molecule has 2 fully saturated rings. The summed E-state index contributed by atoms with van der Waals surface area (Å²) in [5.41, 5.74) is 0.911. The molecule has 0 spiro atoms. The van der Waals surface area contributed by atoms with Crippen molar-refractivity contribution in [1.82, 2.24) is 0 Å². The number of benzene rings is 4. The molecule has 2 heterocycles. The van der Waals surface area contributed by atoms with Crippen LogP contribution in [0.2, 0.25) is 0 Å². The summed E-state index contributed by atoms with van der Waals surface area (Å²) in [5.74, 6) is -2.94. The van der Waals surface area contributed by atoms with E-state index in [-0.39, 0.29) is 35.5 Å². The number of allylic oxidation sites excluding steroid dienone is 1. The molecule has 56 heavy (non-hydrogen) atoms. The minimum atomic E-state index is -1.42. The van der Waals surface area contributed by atoms with Crippen molar-refractivity contribution in [2.24, 2.45) is 0 Å². The van der Waals surface area contributed by atoms with Gasteiger partial charge in [0.05, 0.1) is 42.1 Å². The van der Waals surface area contributed by atoms with Crippen molar-refractivity contribution >= 4 is 23.9 Å². The van der Waals surface area contributed by atoms with Crippen LogP contribution in [0.3, 0.4) is 0 Å². The highest BCUT2D eigenvalue weighted by molar-refractivity contribution is 5.91. The van der Waals surface area contributed by atoms with Gasteiger partial charge in [0.25, 0.3) is 0 Å². The fourth-order valence-electron chi connectivity index (χ4n) is 6.15. The van der Waals surface area contributed by atoms with Crippen LogP contribution in [-0.2, 0) is 37.9 Å². The number of rotatable bonds is 17. The molecule has 0 aromatic heterocycles. The molecule has 0 amide bonds. The second-order valence-electron chi connectivity index (χ2n) is 12.8. The van der Waals surface area contributed by atoms with Crippen molar-refractivity contribution < 1.29 is 62.2 Å². The van der Waals surface area contributed by atoms with E-state index >= 15 is 0 Å². The Balaban J connectivity index is 1.27. The Morgan fingerprint density at radius 2 is 0.893 bits per heavy atom. The molecule has 292 valence electrons. The van der Waals surface area contributed by atoms with Crippen LogP contribution in [0, 0.1) is 0 Å². The van der Waals surface area contributed by atoms with E-state index in [1.165, 1.54) is 0 Å². The average molecular weight is 767 g/mol. The molecular formula is C43H42O13. The molecule has 0 bridgehead atoms. The van der Waals surface area contributed by atoms with Crippen LogP contribution < -0.4 is 0 Å². The van der Waals surface area contributed by atoms with Crippen LogP contribution in [0.15, 0.2) is 134 Å². The summed E-state index contributed by atoms with van der Waals surface area (Å²) in [7, 11) is 0. The summed E-state index contributed by atoms with van der Waals surface area (Å²) in [6, 6.07) is 32.8. The predicted octanol–water partition coefficient (Wildman–Crippen LogP) is 5.33. The maximum absolute atomic E-state index is 13.5. The number of ether oxygens (including phenoxy) is 8. The number of aliphatic hydroxyl groups is 1. The quantitative estimate of drug-likeness (QED) is 0.0636. The number of carbonyl (C=O) groups excluding carboxylic acids is 4. The van der Waals surface area contributed by atoms with Crippen LogP contribution >= 0.6 is 0 Å². The van der Waals surface area contributed by atoms with Gasteiger partial charge in [0, 0.05) is 0 Å². The maximum Gasteiger partial charge on any atom is 0.338 e. The fourth-order valence-corrected chi connectivity index (χ4v) is 6.15. The van der Waals surface area contributed by atoms with Crippen LogP contribution in [0.25, 0.3) is 0 Å². The molecule has 0 aliphatic carbocycles. The first-order valence-electron chi connectivity index (χ1n) is 18.2. The number of carbonyl (C=O) groups is 4. The summed E-state index contributed by atoms with van der Waals surface area (Å²) in [6.07, 6.45) is -7.17. The van der Waals surface area contributed by atoms with Crippen molar-refractivity contribution in [3.05, 3.63) is 156 Å². The minimum Gasteiger partial charge on any atom is -0.452 e. The molecule has 13 nitrogen and oxygen atoms in total. The molecule has 2 aliphatic heterocycles. The van der Waals surface area contributed by atoms with E-state index in [1.54, 1.807) is 127 Å². The molecule has 2 aliphatic rings. The SMILES string of the molecule is C=CCCCO[C@H]1O[C@H](CO[C@H]2O[C@H](CO)[C@@H](OC(=O)c3ccccc3)[C@@H]2OC(=O)c2ccccc2)[C@@H](OC(=O)c2ccccc2)[C@@H]1OC(=O)c1ccccc1. The Morgan fingerprint density at radius 3 is 1.29 bits per heavy atom. The summed E-state index contributed by atoms with van der Waals surface area (Å²) in [4.78, 5) is 53.5. The Kier molecular flexibility index (Phi) is 14.1. The molecule has 0 unspecified atom stereocenters. The van der Waals surface area contributed by atoms with Crippen molar-refractivity contribution in [1.29, 1.82) is 0 Å². The summed E-state index contributed by atoms with van der Waals surface area (Å²) in [6.45, 7) is 2.92. The standard InChI is InChI=1S/C43H42O13/c1-2-3-16-25-49-42-37(56-41(48)31-23-14-7-15-24-31)35(54-39(46)29-19-10-5-11-20-29)33(52-42)27-50-43-36(55-40(47)30-21-12-6-13-22-30)34(32(26-44)51-43)53-38(45)28-17-8-4-9-18-28/h2,4-15,17-24,32-37,42-44H,1,3,16,25-27H2/t32-,33-,34-,35-,36+,37+,42+,43+/m1/s1. The number of hydrogen-bond donors (Lipinski definition) is 1. The van der Waals surface area contributed by atoms with Gasteiger partial charge in [-0.05, 0) is 61.4 Å². The van der Waals surface area contributed by atoms with Gasteiger partial charge in [0.1, 0.15) is 12.2 Å². The molecule has 1 N–H and O–H groups in total. The van der Waals surface area contributed by atoms with Crippen LogP contribution in [0.1, 0.15) is 54.3 Å². The van der Waals surface area contributed by atoms with Crippen LogP contribution in [0.4, 0.5) is 0 Å². The van der Waals surface area contributed by atoms with E-state index in [9.17, 15) is 24.3 Å². The molecule has 6 rings (SSSR count). The lowest BCUT2D eigenvalue weighted by molar-refractivity contribution is -0.206. The normalized spacial score (nSPS) is 24.2. The van der Waals surface area contributed by atoms with E-state index < -0.39 is 79.7 Å². The average Bonchev–Trinajstić information content (AvgIpc) is 3.74. The first-order chi connectivity index (χ1) is 27.4. The molecule has 13 heteroatoms. The lowest BCUT2D eigenvalue weighted by Gasteiger charge is -2.26. The Hall–Kier alpha value is -5.70. The zero-order valence-electron chi connectivity index (χ0n) is 30.3. The number of hydrogen-bond acceptors (Lipinski definition) is 13. The van der Waals surface area contributed by atoms with Crippen molar-refractivity contribution in [2.75, 3.05) is 19.8 Å². The summed E-state index contributed by atoms with van der Waals surface area (Å²) in [5, 5.41) is 10.3. The minimum absolute atomic E-state index is 0.193. The second-order valence-corrected chi connectivity index (χ2v) is 12.8. The third kappa shape index (κ3) is 10.1. The van der Waals surface area contributed by atoms with Crippen molar-refractivity contribution in [3.8, 4) is 0 Å². The second kappa shape index (κ2) is 19.8. The molecule has 4 aromatic carbocycles. The Morgan fingerprint density at radius 1 is 0.536 bits per heavy atom. The molecule has 8 atom stereocenters. The van der Waals surface area contributed by atoms with E-state index in [0.29, 0.717) is 12.8 Å². The number of aliphatic hydroxyl groups excluding tert-OH is 1. The van der Waals surface area contributed by atoms with Crippen molar-refractivity contribution in [3.63, 3.8) is 0 Å². The van der Waals surface area contributed by atoms with Gasteiger partial charge in [-0.2, -0.15) is 0 Å². The highest BCUT2D eigenvalue weighted by atomic mass is 16.8. The first-order valence-corrected chi connectivity index (χ1v) is 18.2. The van der Waals surface area contributed by atoms with E-state index in [2.05, 4.69) is 6.58 Å². The van der Waals surface area contributed by atoms with Crippen LogP contribution in [-0.4, -0.2) is 98.0 Å². The lowest BCUT2D eigenvalue weighted by Crippen LogP contribution is -2.44. The van der Waals surface area contributed by atoms with Gasteiger partial charge < -0.3 is 43.0 Å². The Bertz CT molecular complexity index is 1890. The first kappa shape index (κ1) is 40.0. The highest BCUT2D eigenvalue weighted by Gasteiger charge is 2.54. The Labute approximate surface area is 323 Å². The van der Waals surface area contributed by atoms with Gasteiger partial charge in [-0.25, -0.2) is 19.2 Å². The third-order valence-corrected chi connectivity index (χ3v) is 8.98.